The van der Waals surface area contributed by atoms with Crippen LogP contribution in [-0.4, -0.2) is 48.2 Å². The quantitative estimate of drug-likeness (QED) is 0.692. The second kappa shape index (κ2) is 7.23. The lowest BCUT2D eigenvalue weighted by Gasteiger charge is -2.45. The van der Waals surface area contributed by atoms with Crippen molar-refractivity contribution in [3.05, 3.63) is 28.8 Å². The molecule has 4 aliphatic heterocycles. The largest absolute Gasteiger partial charge is 0.447 e. The molecule has 7 nitrogen and oxygen atoms in total. The zero-order valence-corrected chi connectivity index (χ0v) is 19.0. The average Bonchev–Trinajstić information content (AvgIpc) is 3.25. The van der Waals surface area contributed by atoms with Crippen LogP contribution in [0.3, 0.4) is 0 Å². The molecule has 0 unspecified atom stereocenters. The standard InChI is InChI=1S/C22H24ClF3N2O5/c1-10(2)32-19(30)27-14-9-20(3)15-16-18(31-7-6-21(14,16)33-20)28(17(15)29)11-4-5-13(23)12(8-11)22(24,25)26/h4-5,8,10,14-16,18H,6-7,9H2,1-3H3,(H,27,30)/t14-,15+,16-,18-,20+,21-/m0/s1. The highest BCUT2D eigenvalue weighted by Gasteiger charge is 2.78. The summed E-state index contributed by atoms with van der Waals surface area (Å²) in [5.74, 6) is -1.41. The Kier molecular flexibility index (Phi) is 4.98. The van der Waals surface area contributed by atoms with Gasteiger partial charge in [0.1, 0.15) is 6.23 Å². The number of hydrogen-bond donors (Lipinski definition) is 1. The first-order valence-corrected chi connectivity index (χ1v) is 11.2. The average molecular weight is 489 g/mol. The van der Waals surface area contributed by atoms with Crippen LogP contribution in [0.1, 0.15) is 39.2 Å². The van der Waals surface area contributed by atoms with Crippen molar-refractivity contribution in [1.82, 2.24) is 5.32 Å². The van der Waals surface area contributed by atoms with E-state index >= 15 is 0 Å². The highest BCUT2D eigenvalue weighted by atomic mass is 35.5. The highest BCUT2D eigenvalue weighted by Crippen LogP contribution is 2.65. The zero-order chi connectivity index (χ0) is 23.9. The van der Waals surface area contributed by atoms with Crippen LogP contribution in [0.5, 0.6) is 0 Å². The number of rotatable bonds is 3. The van der Waals surface area contributed by atoms with Crippen molar-refractivity contribution in [2.24, 2.45) is 11.8 Å². The summed E-state index contributed by atoms with van der Waals surface area (Å²) in [4.78, 5) is 27.2. The van der Waals surface area contributed by atoms with E-state index < -0.39 is 58.2 Å². The number of fused-ring (bicyclic) bond motifs is 2. The molecule has 5 rings (SSSR count). The van der Waals surface area contributed by atoms with Crippen LogP contribution in [-0.2, 0) is 25.2 Å². The highest BCUT2D eigenvalue weighted by molar-refractivity contribution is 6.31. The molecule has 1 aromatic rings. The molecule has 4 saturated heterocycles. The first kappa shape index (κ1) is 22.7. The van der Waals surface area contributed by atoms with Crippen LogP contribution in [0.2, 0.25) is 5.02 Å². The van der Waals surface area contributed by atoms with E-state index in [0.717, 1.165) is 12.1 Å². The van der Waals surface area contributed by atoms with Crippen LogP contribution in [0.4, 0.5) is 23.7 Å². The molecular weight excluding hydrogens is 465 g/mol. The van der Waals surface area contributed by atoms with E-state index in [2.05, 4.69) is 5.32 Å². The predicted molar refractivity (Wildman–Crippen MR) is 111 cm³/mol. The van der Waals surface area contributed by atoms with E-state index in [9.17, 15) is 22.8 Å². The van der Waals surface area contributed by atoms with Gasteiger partial charge in [0.05, 0.1) is 52.4 Å². The minimum absolute atomic E-state index is 0.0694. The van der Waals surface area contributed by atoms with Gasteiger partial charge >= 0.3 is 12.3 Å². The van der Waals surface area contributed by atoms with Crippen LogP contribution in [0, 0.1) is 11.8 Å². The van der Waals surface area contributed by atoms with Crippen LogP contribution < -0.4 is 10.2 Å². The zero-order valence-electron chi connectivity index (χ0n) is 18.2. The lowest BCUT2D eigenvalue weighted by atomic mass is 9.64. The first-order chi connectivity index (χ1) is 15.4. The van der Waals surface area contributed by atoms with Crippen LogP contribution >= 0.6 is 11.6 Å². The molecule has 2 amide bonds. The SMILES string of the molecule is CC(C)OC(=O)N[C@H]1C[C@@]2(C)O[C@@]13CCO[C@H]1[C@@H]3[C@@H]2C(=O)N1c1ccc(Cl)c(C(F)(F)F)c1. The van der Waals surface area contributed by atoms with Gasteiger partial charge in [0.15, 0.2) is 0 Å². The van der Waals surface area contributed by atoms with E-state index in [0.29, 0.717) is 12.8 Å². The van der Waals surface area contributed by atoms with Crippen molar-refractivity contribution < 1.29 is 37.0 Å². The van der Waals surface area contributed by atoms with Gasteiger partial charge in [-0.15, -0.1) is 0 Å². The minimum atomic E-state index is -4.67. The third-order valence-electron chi connectivity index (χ3n) is 7.22. The molecule has 33 heavy (non-hydrogen) atoms. The number of ether oxygens (including phenoxy) is 3. The number of alkyl carbamates (subject to hydrolysis) is 1. The summed E-state index contributed by atoms with van der Waals surface area (Å²) in [5, 5.41) is 2.45. The van der Waals surface area contributed by atoms with Gasteiger partial charge in [0, 0.05) is 18.5 Å². The Hall–Kier alpha value is -2.04. The number of halogens is 4. The Morgan fingerprint density at radius 2 is 2.09 bits per heavy atom. The van der Waals surface area contributed by atoms with Crippen LogP contribution in [0.25, 0.3) is 0 Å². The van der Waals surface area contributed by atoms with Gasteiger partial charge in [-0.1, -0.05) is 11.6 Å². The Morgan fingerprint density at radius 1 is 1.36 bits per heavy atom. The number of anilines is 1. The van der Waals surface area contributed by atoms with E-state index in [1.54, 1.807) is 13.8 Å². The van der Waals surface area contributed by atoms with Gasteiger partial charge in [0.25, 0.3) is 0 Å². The van der Waals surface area contributed by atoms with Crippen molar-refractivity contribution in [1.29, 1.82) is 0 Å². The number of nitrogens with one attached hydrogen (secondary N) is 1. The van der Waals surface area contributed by atoms with E-state index in [1.807, 2.05) is 6.92 Å². The topological polar surface area (TPSA) is 77.1 Å². The summed E-state index contributed by atoms with van der Waals surface area (Å²) in [6.07, 6.45) is -5.52. The lowest BCUT2D eigenvalue weighted by molar-refractivity contribution is -0.144. The predicted octanol–water partition coefficient (Wildman–Crippen LogP) is 4.12. The molecule has 0 saturated carbocycles. The molecule has 180 valence electrons. The van der Waals surface area contributed by atoms with Gasteiger partial charge in [-0.2, -0.15) is 13.2 Å². The molecule has 1 spiro atoms. The van der Waals surface area contributed by atoms with Crippen molar-refractivity contribution in [3.63, 3.8) is 0 Å². The van der Waals surface area contributed by atoms with Gasteiger partial charge < -0.3 is 19.5 Å². The van der Waals surface area contributed by atoms with Crippen molar-refractivity contribution in [3.8, 4) is 0 Å². The number of carbonyl (C=O) groups is 2. The maximum Gasteiger partial charge on any atom is 0.417 e. The molecule has 0 aliphatic carbocycles. The molecular formula is C22H24ClF3N2O5. The second-order valence-electron chi connectivity index (χ2n) is 9.61. The summed E-state index contributed by atoms with van der Waals surface area (Å²) >= 11 is 5.78. The van der Waals surface area contributed by atoms with E-state index in [-0.39, 0.29) is 24.3 Å². The molecule has 0 radical (unpaired) electrons. The number of benzene rings is 1. The molecule has 11 heteroatoms. The van der Waals surface area contributed by atoms with Crippen molar-refractivity contribution in [2.75, 3.05) is 11.5 Å². The van der Waals surface area contributed by atoms with E-state index in [1.165, 1.54) is 11.0 Å². The number of nitrogens with zero attached hydrogens (tertiary/aromatic N) is 1. The molecule has 4 fully saturated rings. The first-order valence-electron chi connectivity index (χ1n) is 10.9. The molecule has 4 heterocycles. The molecule has 4 aliphatic rings. The number of hydrogen-bond acceptors (Lipinski definition) is 5. The molecule has 6 atom stereocenters. The second-order valence-corrected chi connectivity index (χ2v) is 10.0. The summed E-state index contributed by atoms with van der Waals surface area (Å²) in [6, 6.07) is 3.00. The summed E-state index contributed by atoms with van der Waals surface area (Å²) < 4.78 is 58.0. The summed E-state index contributed by atoms with van der Waals surface area (Å²) in [6.45, 7) is 5.52. The minimum Gasteiger partial charge on any atom is -0.447 e. The van der Waals surface area contributed by atoms with Gasteiger partial charge in [-0.25, -0.2) is 4.79 Å². The number of carbonyl (C=O) groups excluding carboxylic acids is 2. The fourth-order valence-corrected chi connectivity index (χ4v) is 6.39. The van der Waals surface area contributed by atoms with Crippen molar-refractivity contribution in [2.45, 2.75) is 69.4 Å². The third-order valence-corrected chi connectivity index (χ3v) is 7.55. The maximum absolute atomic E-state index is 13.6. The molecule has 1 aromatic carbocycles. The fraction of sp³-hybridized carbons (Fsp3) is 0.636. The normalized spacial score (nSPS) is 37.0. The molecule has 0 aromatic heterocycles. The monoisotopic (exact) mass is 488 g/mol. The molecule has 1 N–H and O–H groups in total. The van der Waals surface area contributed by atoms with Gasteiger partial charge in [0.2, 0.25) is 5.91 Å². The van der Waals surface area contributed by atoms with Gasteiger partial charge in [-0.3, -0.25) is 9.69 Å². The van der Waals surface area contributed by atoms with Crippen LogP contribution in [0.15, 0.2) is 18.2 Å². The molecule has 2 bridgehead atoms. The van der Waals surface area contributed by atoms with Crippen molar-refractivity contribution >= 4 is 29.3 Å². The lowest BCUT2D eigenvalue weighted by Crippen LogP contribution is -2.61. The smallest absolute Gasteiger partial charge is 0.417 e. The Balaban J connectivity index is 1.51. The number of amides is 2. The third kappa shape index (κ3) is 3.24. The summed E-state index contributed by atoms with van der Waals surface area (Å²) in [5.41, 5.74) is -2.71. The number of alkyl halides is 3. The van der Waals surface area contributed by atoms with Gasteiger partial charge in [-0.05, 0) is 39.0 Å². The Bertz CT molecular complexity index is 1020. The summed E-state index contributed by atoms with van der Waals surface area (Å²) in [7, 11) is 0. The maximum atomic E-state index is 13.6. The fourth-order valence-electron chi connectivity index (χ4n) is 6.16. The van der Waals surface area contributed by atoms with E-state index in [4.69, 9.17) is 25.8 Å². The Labute approximate surface area is 193 Å². The Morgan fingerprint density at radius 3 is 2.76 bits per heavy atom.